The lowest BCUT2D eigenvalue weighted by atomic mass is 10.00. The maximum atomic E-state index is 13.5. The van der Waals surface area contributed by atoms with Gasteiger partial charge < -0.3 is 24.6 Å². The molecule has 0 radical (unpaired) electrons. The second-order valence-corrected chi connectivity index (χ2v) is 10.2. The van der Waals surface area contributed by atoms with Crippen LogP contribution in [-0.2, 0) is 19.4 Å². The van der Waals surface area contributed by atoms with Crippen LogP contribution in [0.5, 0.6) is 0 Å². The fourth-order valence-electron chi connectivity index (χ4n) is 4.57. The minimum atomic E-state index is -4.38. The van der Waals surface area contributed by atoms with Crippen LogP contribution >= 0.6 is 11.9 Å². The number of anilines is 1. The largest absolute Gasteiger partial charge is 0.401 e. The van der Waals surface area contributed by atoms with Gasteiger partial charge in [-0.1, -0.05) is 37.3 Å². The van der Waals surface area contributed by atoms with Crippen molar-refractivity contribution < 1.29 is 23.1 Å². The molecule has 3 aromatic rings. The molecular formula is C26H31F3N4O2S. The van der Waals surface area contributed by atoms with E-state index in [4.69, 9.17) is 0 Å². The first kappa shape index (κ1) is 26.4. The molecule has 0 fully saturated rings. The van der Waals surface area contributed by atoms with Crippen LogP contribution in [0.1, 0.15) is 28.4 Å². The molecule has 3 N–H and O–H groups in total. The highest BCUT2D eigenvalue weighted by Crippen LogP contribution is 2.37. The van der Waals surface area contributed by atoms with Crippen LogP contribution in [0, 0.1) is 0 Å². The van der Waals surface area contributed by atoms with E-state index in [0.717, 1.165) is 46.4 Å². The summed E-state index contributed by atoms with van der Waals surface area (Å²) < 4.78 is 42.1. The van der Waals surface area contributed by atoms with Crippen LogP contribution in [-0.4, -0.2) is 59.8 Å². The maximum absolute atomic E-state index is 13.5. The molecule has 1 aromatic heterocycles. The minimum absolute atomic E-state index is 0.281. The van der Waals surface area contributed by atoms with Crippen molar-refractivity contribution in [2.45, 2.75) is 44.6 Å². The average molecular weight is 521 g/mol. The molecular weight excluding hydrogens is 489 g/mol. The van der Waals surface area contributed by atoms with Gasteiger partial charge in [-0.3, -0.25) is 4.79 Å². The highest BCUT2D eigenvalue weighted by molar-refractivity contribution is 8.00. The van der Waals surface area contributed by atoms with Gasteiger partial charge >= 0.3 is 6.18 Å². The zero-order valence-electron chi connectivity index (χ0n) is 20.3. The third-order valence-electron chi connectivity index (χ3n) is 6.39. The van der Waals surface area contributed by atoms with E-state index in [1.165, 1.54) is 0 Å². The summed E-state index contributed by atoms with van der Waals surface area (Å²) in [6, 6.07) is 12.2. The number of aromatic nitrogens is 1. The number of nitrogens with zero attached hydrogens (tertiary/aromatic N) is 2. The van der Waals surface area contributed by atoms with Gasteiger partial charge in [-0.2, -0.15) is 13.2 Å². The molecule has 1 amide bonds. The van der Waals surface area contributed by atoms with E-state index in [0.29, 0.717) is 5.56 Å². The Labute approximate surface area is 213 Å². The molecule has 0 bridgehead atoms. The molecule has 6 nitrogen and oxygen atoms in total. The number of rotatable bonds is 9. The normalized spacial score (nSPS) is 15.6. The van der Waals surface area contributed by atoms with E-state index in [-0.39, 0.29) is 18.9 Å². The zero-order valence-corrected chi connectivity index (χ0v) is 21.1. The second kappa shape index (κ2) is 11.1. The summed E-state index contributed by atoms with van der Waals surface area (Å²) in [6.07, 6.45) is -2.35. The number of hydrogen-bond donors (Lipinski definition) is 3. The third-order valence-corrected chi connectivity index (χ3v) is 7.34. The molecule has 10 heteroatoms. The van der Waals surface area contributed by atoms with Gasteiger partial charge in [-0.15, -0.1) is 0 Å². The second-order valence-electron chi connectivity index (χ2n) is 9.01. The minimum Gasteiger partial charge on any atom is -0.390 e. The monoisotopic (exact) mass is 520 g/mol. The molecule has 0 saturated carbocycles. The summed E-state index contributed by atoms with van der Waals surface area (Å²) in [4.78, 5) is 13.5. The van der Waals surface area contributed by atoms with Crippen molar-refractivity contribution in [1.82, 2.24) is 15.2 Å². The quantitative estimate of drug-likeness (QED) is 0.370. The molecule has 1 aliphatic heterocycles. The molecule has 1 aliphatic rings. The highest BCUT2D eigenvalue weighted by atomic mass is 32.2. The fourth-order valence-corrected chi connectivity index (χ4v) is 5.40. The van der Waals surface area contributed by atoms with E-state index in [1.807, 2.05) is 49.5 Å². The van der Waals surface area contributed by atoms with Gasteiger partial charge in [0.1, 0.15) is 0 Å². The Bertz CT molecular complexity index is 1200. The maximum Gasteiger partial charge on any atom is 0.401 e. The number of carbonyl (C=O) groups excluding carboxylic acids is 1. The van der Waals surface area contributed by atoms with E-state index in [1.54, 1.807) is 11.9 Å². The van der Waals surface area contributed by atoms with Gasteiger partial charge in [-0.05, 0) is 48.0 Å². The summed E-state index contributed by atoms with van der Waals surface area (Å²) in [5.74, 6) is 0.539. The van der Waals surface area contributed by atoms with Crippen molar-refractivity contribution in [2.75, 3.05) is 30.2 Å². The van der Waals surface area contributed by atoms with Crippen LogP contribution in [0.15, 0.2) is 48.7 Å². The number of alkyl halides is 3. The predicted octanol–water partition coefficient (Wildman–Crippen LogP) is 4.16. The van der Waals surface area contributed by atoms with Crippen molar-refractivity contribution in [3.63, 3.8) is 0 Å². The first-order valence-corrected chi connectivity index (χ1v) is 12.9. The van der Waals surface area contributed by atoms with Crippen molar-refractivity contribution in [1.29, 1.82) is 0 Å². The summed E-state index contributed by atoms with van der Waals surface area (Å²) in [7, 11) is 1.98. The number of hydrogen-bond acceptors (Lipinski definition) is 5. The molecule has 36 heavy (non-hydrogen) atoms. The first-order valence-electron chi connectivity index (χ1n) is 12.0. The van der Waals surface area contributed by atoms with Gasteiger partial charge in [0.25, 0.3) is 5.91 Å². The molecule has 0 unspecified atom stereocenters. The van der Waals surface area contributed by atoms with Crippen LogP contribution in [0.3, 0.4) is 0 Å². The number of aliphatic hydroxyl groups excluding tert-OH is 1. The molecule has 2 heterocycles. The standard InChI is InChI=1S/C26H31F3N4O2S/c1-3-18-15-33-9-10-36-32(2)22-13-19(12-20(18)24(22)33)25(35)31-21(11-17-7-5-4-6-8-17)23(34)14-30-16-26(27,28)29/h4-8,12-13,15,21,23,30,34H,3,9-11,14,16H2,1-2H3,(H,31,35)/t21-,23+/m0/s1. The number of aryl methyl sites for hydroxylation is 2. The van der Waals surface area contributed by atoms with E-state index < -0.39 is 24.9 Å². The summed E-state index contributed by atoms with van der Waals surface area (Å²) in [5, 5.41) is 16.9. The molecule has 194 valence electrons. The molecule has 2 aromatic carbocycles. The Balaban J connectivity index is 1.61. The van der Waals surface area contributed by atoms with Crippen LogP contribution in [0.4, 0.5) is 18.9 Å². The Morgan fingerprint density at radius 3 is 2.67 bits per heavy atom. The van der Waals surface area contributed by atoms with Crippen LogP contribution in [0.25, 0.3) is 10.9 Å². The number of amides is 1. The summed E-state index contributed by atoms with van der Waals surface area (Å²) in [5.41, 5.74) is 4.49. The number of nitrogens with one attached hydrogen (secondary N) is 2. The lowest BCUT2D eigenvalue weighted by molar-refractivity contribution is -0.125. The van der Waals surface area contributed by atoms with Gasteiger partial charge in [0.05, 0.1) is 29.9 Å². The summed E-state index contributed by atoms with van der Waals surface area (Å²) in [6.45, 7) is 1.44. The SMILES string of the molecule is CCc1cn2c3c(cc(C(=O)N[C@@H](Cc4ccccc4)[C@H](O)CNCC(F)(F)F)cc13)N(C)SCC2. The van der Waals surface area contributed by atoms with E-state index in [9.17, 15) is 23.1 Å². The predicted molar refractivity (Wildman–Crippen MR) is 139 cm³/mol. The number of carbonyl (C=O) groups is 1. The van der Waals surface area contributed by atoms with Crippen molar-refractivity contribution in [3.05, 3.63) is 65.4 Å². The average Bonchev–Trinajstić information content (AvgIpc) is 3.11. The van der Waals surface area contributed by atoms with Crippen molar-refractivity contribution >= 4 is 34.4 Å². The molecule has 2 atom stereocenters. The van der Waals surface area contributed by atoms with Crippen molar-refractivity contribution in [3.8, 4) is 0 Å². The van der Waals surface area contributed by atoms with Crippen molar-refractivity contribution in [2.24, 2.45) is 0 Å². The smallest absolute Gasteiger partial charge is 0.390 e. The molecule has 0 spiro atoms. The number of benzene rings is 2. The fraction of sp³-hybridized carbons (Fsp3) is 0.423. The Hall–Kier alpha value is -2.69. The Morgan fingerprint density at radius 1 is 1.22 bits per heavy atom. The lowest BCUT2D eigenvalue weighted by Crippen LogP contribution is -2.49. The first-order chi connectivity index (χ1) is 17.2. The van der Waals surface area contributed by atoms with E-state index >= 15 is 0 Å². The van der Waals surface area contributed by atoms with Gasteiger partial charge in [0.15, 0.2) is 0 Å². The van der Waals surface area contributed by atoms with Gasteiger partial charge in [0.2, 0.25) is 0 Å². The lowest BCUT2D eigenvalue weighted by Gasteiger charge is -2.25. The van der Waals surface area contributed by atoms with Crippen LogP contribution in [0.2, 0.25) is 0 Å². The highest BCUT2D eigenvalue weighted by Gasteiger charge is 2.29. The Kier molecular flexibility index (Phi) is 8.17. The molecule has 0 aliphatic carbocycles. The zero-order chi connectivity index (χ0) is 25.9. The number of halogens is 3. The third kappa shape index (κ3) is 6.16. The van der Waals surface area contributed by atoms with E-state index in [2.05, 4.69) is 32.6 Å². The molecule has 4 rings (SSSR count). The molecule has 0 saturated heterocycles. The summed E-state index contributed by atoms with van der Waals surface area (Å²) >= 11 is 1.68. The van der Waals surface area contributed by atoms with Gasteiger partial charge in [0, 0.05) is 43.0 Å². The van der Waals surface area contributed by atoms with Crippen LogP contribution < -0.4 is 14.9 Å². The van der Waals surface area contributed by atoms with Gasteiger partial charge in [-0.25, -0.2) is 0 Å². The topological polar surface area (TPSA) is 69.5 Å². The Morgan fingerprint density at radius 2 is 1.97 bits per heavy atom. The number of aliphatic hydroxyl groups is 1.